The lowest BCUT2D eigenvalue weighted by molar-refractivity contribution is 0.0473. The number of benzene rings is 1. The maximum Gasteiger partial charge on any atom is 0.348 e. The summed E-state index contributed by atoms with van der Waals surface area (Å²) in [5.74, 6) is -0.950. The highest BCUT2D eigenvalue weighted by atomic mass is 32.1. The predicted molar refractivity (Wildman–Crippen MR) is 97.1 cm³/mol. The van der Waals surface area contributed by atoms with E-state index in [0.29, 0.717) is 26.3 Å². The molecule has 7 heteroatoms. The van der Waals surface area contributed by atoms with Gasteiger partial charge < -0.3 is 4.74 Å². The molecule has 3 aromatic heterocycles. The van der Waals surface area contributed by atoms with Crippen molar-refractivity contribution in [3.8, 4) is 0 Å². The molecular formula is C19H13FN2O3S. The minimum atomic E-state index is -0.573. The molecule has 0 saturated carbocycles. The van der Waals surface area contributed by atoms with Crippen LogP contribution in [-0.2, 0) is 11.3 Å². The summed E-state index contributed by atoms with van der Waals surface area (Å²) in [6.07, 6.45) is 1.70. The van der Waals surface area contributed by atoms with Gasteiger partial charge in [-0.05, 0) is 36.8 Å². The molecule has 0 unspecified atom stereocenters. The number of carbonyl (C=O) groups excluding carboxylic acids is 1. The molecule has 0 atom stereocenters. The van der Waals surface area contributed by atoms with Gasteiger partial charge in [0.05, 0.1) is 5.69 Å². The third-order valence-electron chi connectivity index (χ3n) is 3.92. The number of rotatable bonds is 3. The van der Waals surface area contributed by atoms with Crippen molar-refractivity contribution in [1.29, 1.82) is 0 Å². The van der Waals surface area contributed by atoms with Crippen molar-refractivity contribution in [2.75, 3.05) is 0 Å². The number of pyridine rings is 1. The van der Waals surface area contributed by atoms with Crippen LogP contribution >= 0.6 is 11.3 Å². The van der Waals surface area contributed by atoms with E-state index in [0.717, 1.165) is 16.9 Å². The van der Waals surface area contributed by atoms with Crippen LogP contribution in [0.5, 0.6) is 0 Å². The number of halogens is 1. The van der Waals surface area contributed by atoms with Crippen LogP contribution in [0.25, 0.3) is 15.7 Å². The molecule has 0 spiro atoms. The van der Waals surface area contributed by atoms with Gasteiger partial charge in [-0.2, -0.15) is 0 Å². The summed E-state index contributed by atoms with van der Waals surface area (Å²) in [6.45, 7) is 1.75. The van der Waals surface area contributed by atoms with Gasteiger partial charge in [-0.3, -0.25) is 9.20 Å². The van der Waals surface area contributed by atoms with E-state index in [1.54, 1.807) is 24.4 Å². The van der Waals surface area contributed by atoms with Gasteiger partial charge in [-0.25, -0.2) is 14.2 Å². The van der Waals surface area contributed by atoms with Crippen molar-refractivity contribution in [3.63, 3.8) is 0 Å². The topological polar surface area (TPSA) is 60.7 Å². The van der Waals surface area contributed by atoms with Gasteiger partial charge in [0, 0.05) is 22.3 Å². The zero-order valence-corrected chi connectivity index (χ0v) is 14.5. The largest absolute Gasteiger partial charge is 0.455 e. The first-order valence-electron chi connectivity index (χ1n) is 7.85. The quantitative estimate of drug-likeness (QED) is 0.517. The summed E-state index contributed by atoms with van der Waals surface area (Å²) in [4.78, 5) is 29.0. The molecule has 5 nitrogen and oxygen atoms in total. The van der Waals surface area contributed by atoms with Crippen LogP contribution < -0.4 is 5.56 Å². The minimum Gasteiger partial charge on any atom is -0.455 e. The van der Waals surface area contributed by atoms with Gasteiger partial charge in [0.15, 0.2) is 0 Å². The van der Waals surface area contributed by atoms with E-state index >= 15 is 0 Å². The summed E-state index contributed by atoms with van der Waals surface area (Å²) in [5.41, 5.74) is 1.55. The molecule has 0 aliphatic rings. The van der Waals surface area contributed by atoms with Gasteiger partial charge in [-0.1, -0.05) is 12.1 Å². The first-order chi connectivity index (χ1) is 12.5. The standard InChI is InChI=1S/C19H13FN2O3S/c1-11-5-6-17-21-12(7-18(23)22(17)9-11)10-25-19(24)16-8-13-14(20)3-2-4-15(13)26-16/h2-9H,10H2,1H3. The SMILES string of the molecule is Cc1ccc2nc(COC(=O)c3cc4c(F)cccc4s3)cc(=O)n2c1. The molecule has 3 heterocycles. The Hall–Kier alpha value is -3.06. The summed E-state index contributed by atoms with van der Waals surface area (Å²) in [6, 6.07) is 11.1. The molecule has 0 amide bonds. The van der Waals surface area contributed by atoms with Gasteiger partial charge >= 0.3 is 5.97 Å². The number of aryl methyl sites for hydroxylation is 1. The summed E-state index contributed by atoms with van der Waals surface area (Å²) >= 11 is 1.16. The van der Waals surface area contributed by atoms with E-state index in [4.69, 9.17) is 4.74 Å². The Bertz CT molecular complexity index is 1210. The third kappa shape index (κ3) is 2.97. The number of fused-ring (bicyclic) bond motifs is 2. The molecule has 1 aromatic carbocycles. The van der Waals surface area contributed by atoms with E-state index in [-0.39, 0.29) is 18.0 Å². The third-order valence-corrected chi connectivity index (χ3v) is 5.00. The Balaban J connectivity index is 1.57. The monoisotopic (exact) mass is 368 g/mol. The number of ether oxygens (including phenoxy) is 1. The van der Waals surface area contributed by atoms with E-state index < -0.39 is 5.97 Å². The summed E-state index contributed by atoms with van der Waals surface area (Å²) in [7, 11) is 0. The van der Waals surface area contributed by atoms with E-state index in [9.17, 15) is 14.0 Å². The lowest BCUT2D eigenvalue weighted by Crippen LogP contribution is -2.16. The minimum absolute atomic E-state index is 0.130. The normalized spacial score (nSPS) is 11.2. The molecular weight excluding hydrogens is 355 g/mol. The number of esters is 1. The molecule has 26 heavy (non-hydrogen) atoms. The first-order valence-corrected chi connectivity index (χ1v) is 8.67. The molecule has 0 radical (unpaired) electrons. The lowest BCUT2D eigenvalue weighted by atomic mass is 10.2. The van der Waals surface area contributed by atoms with Crippen LogP contribution in [0.15, 0.2) is 53.5 Å². The highest BCUT2D eigenvalue weighted by Gasteiger charge is 2.14. The molecule has 4 rings (SSSR count). The zero-order valence-electron chi connectivity index (χ0n) is 13.7. The molecule has 0 aliphatic carbocycles. The molecule has 4 aromatic rings. The van der Waals surface area contributed by atoms with E-state index in [2.05, 4.69) is 4.98 Å². The molecule has 130 valence electrons. The van der Waals surface area contributed by atoms with Crippen molar-refractivity contribution in [3.05, 3.63) is 81.0 Å². The smallest absolute Gasteiger partial charge is 0.348 e. The van der Waals surface area contributed by atoms with Crippen molar-refractivity contribution in [2.24, 2.45) is 0 Å². The average Bonchev–Trinajstić information content (AvgIpc) is 3.06. The van der Waals surface area contributed by atoms with Gasteiger partial charge in [0.25, 0.3) is 5.56 Å². The number of aromatic nitrogens is 2. The number of hydrogen-bond donors (Lipinski definition) is 0. The number of hydrogen-bond acceptors (Lipinski definition) is 5. The lowest BCUT2D eigenvalue weighted by Gasteiger charge is -2.05. The average molecular weight is 368 g/mol. The second-order valence-corrected chi connectivity index (χ2v) is 6.94. The second-order valence-electron chi connectivity index (χ2n) is 5.86. The Morgan fingerprint density at radius 3 is 2.92 bits per heavy atom. The highest BCUT2D eigenvalue weighted by molar-refractivity contribution is 7.20. The molecule has 0 aliphatic heterocycles. The molecule has 0 fully saturated rings. The van der Waals surface area contributed by atoms with Crippen LogP contribution in [0.2, 0.25) is 0 Å². The van der Waals surface area contributed by atoms with Crippen LogP contribution in [0.1, 0.15) is 20.9 Å². The van der Waals surface area contributed by atoms with Gasteiger partial charge in [0.2, 0.25) is 0 Å². The van der Waals surface area contributed by atoms with Crippen molar-refractivity contribution in [2.45, 2.75) is 13.5 Å². The Morgan fingerprint density at radius 2 is 2.12 bits per heavy atom. The fraction of sp³-hybridized carbons (Fsp3) is 0.105. The second kappa shape index (κ2) is 6.34. The van der Waals surface area contributed by atoms with Crippen LogP contribution in [-0.4, -0.2) is 15.4 Å². The zero-order chi connectivity index (χ0) is 18.3. The fourth-order valence-corrected chi connectivity index (χ4v) is 3.64. The Labute approximate surface area is 151 Å². The van der Waals surface area contributed by atoms with Crippen LogP contribution in [0.3, 0.4) is 0 Å². The molecule has 0 bridgehead atoms. The van der Waals surface area contributed by atoms with Gasteiger partial charge in [-0.15, -0.1) is 11.3 Å². The number of carbonyl (C=O) groups is 1. The van der Waals surface area contributed by atoms with Crippen molar-refractivity contribution < 1.29 is 13.9 Å². The first kappa shape index (κ1) is 16.4. The fourth-order valence-electron chi connectivity index (χ4n) is 2.67. The van der Waals surface area contributed by atoms with Crippen LogP contribution in [0, 0.1) is 12.7 Å². The van der Waals surface area contributed by atoms with Gasteiger partial charge in [0.1, 0.15) is 22.9 Å². The maximum atomic E-state index is 13.7. The summed E-state index contributed by atoms with van der Waals surface area (Å²) < 4.78 is 21.1. The van der Waals surface area contributed by atoms with E-state index in [1.807, 2.05) is 13.0 Å². The highest BCUT2D eigenvalue weighted by Crippen LogP contribution is 2.28. The molecule has 0 saturated heterocycles. The van der Waals surface area contributed by atoms with Crippen molar-refractivity contribution >= 4 is 33.0 Å². The Kier molecular flexibility index (Phi) is 4.00. The predicted octanol–water partition coefficient (Wildman–Crippen LogP) is 3.71. The maximum absolute atomic E-state index is 13.7. The van der Waals surface area contributed by atoms with Crippen LogP contribution in [0.4, 0.5) is 4.39 Å². The molecule has 0 N–H and O–H groups in total. The van der Waals surface area contributed by atoms with E-state index in [1.165, 1.54) is 22.6 Å². The Morgan fingerprint density at radius 1 is 1.27 bits per heavy atom. The summed E-state index contributed by atoms with van der Waals surface area (Å²) in [5, 5.41) is 0.391. The van der Waals surface area contributed by atoms with Crippen molar-refractivity contribution in [1.82, 2.24) is 9.38 Å². The number of thiophene rings is 1. The number of nitrogens with zero attached hydrogens (tertiary/aromatic N) is 2.